The van der Waals surface area contributed by atoms with Crippen LogP contribution in [-0.4, -0.2) is 64.3 Å². The standard InChI is InChI=1S/C21H26ClN3O3/c1-27-19-8-7-16(22)15-17(19)21(26)23-9-10-24-11-13-25(14-12-24)18-5-3-4-6-20(18)28-2/h3-8,15H,9-14H2,1-2H3,(H,23,26). The number of hydrogen-bond donors (Lipinski definition) is 1. The number of nitrogens with zero attached hydrogens (tertiary/aromatic N) is 2. The Balaban J connectivity index is 1.47. The van der Waals surface area contributed by atoms with E-state index in [0.717, 1.165) is 44.2 Å². The van der Waals surface area contributed by atoms with Gasteiger partial charge in [-0.3, -0.25) is 9.69 Å². The number of benzene rings is 2. The molecule has 0 radical (unpaired) electrons. The second-order valence-corrected chi connectivity index (χ2v) is 7.04. The molecule has 1 aliphatic heterocycles. The van der Waals surface area contributed by atoms with Crippen molar-refractivity contribution < 1.29 is 14.3 Å². The summed E-state index contributed by atoms with van der Waals surface area (Å²) in [5.74, 6) is 1.25. The van der Waals surface area contributed by atoms with Gasteiger partial charge >= 0.3 is 0 Å². The van der Waals surface area contributed by atoms with Gasteiger partial charge in [-0.2, -0.15) is 0 Å². The Morgan fingerprint density at radius 1 is 1.04 bits per heavy atom. The van der Waals surface area contributed by atoms with Crippen LogP contribution in [0.2, 0.25) is 5.02 Å². The molecule has 1 aliphatic rings. The maximum absolute atomic E-state index is 12.4. The third-order valence-corrected chi connectivity index (χ3v) is 5.15. The molecule has 0 spiro atoms. The summed E-state index contributed by atoms with van der Waals surface area (Å²) in [5.41, 5.74) is 1.59. The Morgan fingerprint density at radius 2 is 1.75 bits per heavy atom. The van der Waals surface area contributed by atoms with Gasteiger partial charge < -0.3 is 19.7 Å². The predicted molar refractivity (Wildman–Crippen MR) is 112 cm³/mol. The molecule has 6 nitrogen and oxygen atoms in total. The Bertz CT molecular complexity index is 807. The van der Waals surface area contributed by atoms with Gasteiger partial charge in [-0.05, 0) is 30.3 Å². The first-order valence-electron chi connectivity index (χ1n) is 9.34. The second kappa shape index (κ2) is 9.66. The van der Waals surface area contributed by atoms with Gasteiger partial charge in [0, 0.05) is 44.3 Å². The Kier molecular flexibility index (Phi) is 7.01. The largest absolute Gasteiger partial charge is 0.496 e. The highest BCUT2D eigenvalue weighted by atomic mass is 35.5. The summed E-state index contributed by atoms with van der Waals surface area (Å²) in [5, 5.41) is 3.47. The third kappa shape index (κ3) is 4.88. The van der Waals surface area contributed by atoms with Crippen molar-refractivity contribution in [3.05, 3.63) is 53.1 Å². The number of piperazine rings is 1. The van der Waals surface area contributed by atoms with Gasteiger partial charge in [0.1, 0.15) is 11.5 Å². The summed E-state index contributed by atoms with van der Waals surface area (Å²) < 4.78 is 10.7. The summed E-state index contributed by atoms with van der Waals surface area (Å²) in [7, 11) is 3.24. The molecule has 7 heteroatoms. The molecule has 0 bridgehead atoms. The van der Waals surface area contributed by atoms with E-state index in [1.54, 1.807) is 32.4 Å². The molecule has 1 amide bonds. The first-order chi connectivity index (χ1) is 13.6. The van der Waals surface area contributed by atoms with E-state index < -0.39 is 0 Å². The SMILES string of the molecule is COc1ccc(Cl)cc1C(=O)NCCN1CCN(c2ccccc2OC)CC1. The van der Waals surface area contributed by atoms with Crippen LogP contribution in [0.5, 0.6) is 11.5 Å². The third-order valence-electron chi connectivity index (χ3n) is 4.92. The number of rotatable bonds is 7. The zero-order chi connectivity index (χ0) is 19.9. The van der Waals surface area contributed by atoms with Crippen molar-refractivity contribution in [1.82, 2.24) is 10.2 Å². The van der Waals surface area contributed by atoms with Crippen molar-refractivity contribution in [2.24, 2.45) is 0 Å². The minimum atomic E-state index is -0.174. The van der Waals surface area contributed by atoms with E-state index in [2.05, 4.69) is 21.2 Å². The molecule has 2 aromatic carbocycles. The molecular weight excluding hydrogens is 378 g/mol. The fourth-order valence-corrected chi connectivity index (χ4v) is 3.56. The Morgan fingerprint density at radius 3 is 2.46 bits per heavy atom. The van der Waals surface area contributed by atoms with Gasteiger partial charge in [0.15, 0.2) is 0 Å². The number of para-hydroxylation sites is 2. The quantitative estimate of drug-likeness (QED) is 0.770. The van der Waals surface area contributed by atoms with Crippen molar-refractivity contribution in [1.29, 1.82) is 0 Å². The van der Waals surface area contributed by atoms with Gasteiger partial charge in [-0.1, -0.05) is 23.7 Å². The molecule has 1 saturated heterocycles. The summed E-state index contributed by atoms with van der Waals surface area (Å²) in [6.45, 7) is 5.10. The van der Waals surface area contributed by atoms with Crippen LogP contribution in [0.3, 0.4) is 0 Å². The molecule has 2 aromatic rings. The molecule has 1 fully saturated rings. The fraction of sp³-hybridized carbons (Fsp3) is 0.381. The molecule has 3 rings (SSSR count). The number of carbonyl (C=O) groups is 1. The molecule has 1 N–H and O–H groups in total. The number of nitrogens with one attached hydrogen (secondary N) is 1. The number of methoxy groups -OCH3 is 2. The van der Waals surface area contributed by atoms with E-state index in [0.29, 0.717) is 22.9 Å². The molecule has 0 saturated carbocycles. The lowest BCUT2D eigenvalue weighted by molar-refractivity contribution is 0.0944. The number of amides is 1. The van der Waals surface area contributed by atoms with Crippen LogP contribution >= 0.6 is 11.6 Å². The summed E-state index contributed by atoms with van der Waals surface area (Å²) >= 11 is 6.00. The van der Waals surface area contributed by atoms with E-state index >= 15 is 0 Å². The van der Waals surface area contributed by atoms with Crippen LogP contribution in [0.1, 0.15) is 10.4 Å². The van der Waals surface area contributed by atoms with Crippen molar-refractivity contribution in [3.63, 3.8) is 0 Å². The van der Waals surface area contributed by atoms with E-state index in [9.17, 15) is 4.79 Å². The number of hydrogen-bond acceptors (Lipinski definition) is 5. The lowest BCUT2D eigenvalue weighted by atomic mass is 10.2. The number of ether oxygens (including phenoxy) is 2. The molecule has 0 atom stereocenters. The summed E-state index contributed by atoms with van der Waals surface area (Å²) in [6, 6.07) is 13.1. The van der Waals surface area contributed by atoms with E-state index in [1.165, 1.54) is 0 Å². The Hall–Kier alpha value is -2.44. The van der Waals surface area contributed by atoms with Crippen LogP contribution in [0.15, 0.2) is 42.5 Å². The van der Waals surface area contributed by atoms with E-state index in [-0.39, 0.29) is 5.91 Å². The number of halogens is 1. The minimum absolute atomic E-state index is 0.174. The van der Waals surface area contributed by atoms with Crippen LogP contribution in [-0.2, 0) is 0 Å². The Labute approximate surface area is 171 Å². The number of anilines is 1. The average molecular weight is 404 g/mol. The highest BCUT2D eigenvalue weighted by Gasteiger charge is 2.19. The van der Waals surface area contributed by atoms with Crippen molar-refractivity contribution in [2.75, 3.05) is 58.4 Å². The van der Waals surface area contributed by atoms with Crippen molar-refractivity contribution >= 4 is 23.2 Å². The highest BCUT2D eigenvalue weighted by molar-refractivity contribution is 6.31. The van der Waals surface area contributed by atoms with Crippen molar-refractivity contribution in [2.45, 2.75) is 0 Å². The van der Waals surface area contributed by atoms with Crippen LogP contribution in [0.4, 0.5) is 5.69 Å². The minimum Gasteiger partial charge on any atom is -0.496 e. The van der Waals surface area contributed by atoms with Crippen LogP contribution in [0.25, 0.3) is 0 Å². The number of carbonyl (C=O) groups excluding carboxylic acids is 1. The first-order valence-corrected chi connectivity index (χ1v) is 9.72. The molecule has 0 aromatic heterocycles. The molecule has 28 heavy (non-hydrogen) atoms. The summed E-state index contributed by atoms with van der Waals surface area (Å²) in [4.78, 5) is 17.1. The topological polar surface area (TPSA) is 54.0 Å². The second-order valence-electron chi connectivity index (χ2n) is 6.60. The highest BCUT2D eigenvalue weighted by Crippen LogP contribution is 2.28. The van der Waals surface area contributed by atoms with Gasteiger partial charge in [0.25, 0.3) is 5.91 Å². The normalized spacial score (nSPS) is 14.6. The van der Waals surface area contributed by atoms with Gasteiger partial charge in [-0.25, -0.2) is 0 Å². The fourth-order valence-electron chi connectivity index (χ4n) is 3.38. The lowest BCUT2D eigenvalue weighted by Crippen LogP contribution is -2.48. The van der Waals surface area contributed by atoms with Gasteiger partial charge in [0.2, 0.25) is 0 Å². The van der Waals surface area contributed by atoms with Crippen LogP contribution < -0.4 is 19.7 Å². The maximum atomic E-state index is 12.4. The van der Waals surface area contributed by atoms with Gasteiger partial charge in [0.05, 0.1) is 25.5 Å². The first kappa shape index (κ1) is 20.3. The zero-order valence-electron chi connectivity index (χ0n) is 16.3. The molecule has 1 heterocycles. The molecule has 150 valence electrons. The van der Waals surface area contributed by atoms with E-state index in [4.69, 9.17) is 21.1 Å². The molecular formula is C21H26ClN3O3. The smallest absolute Gasteiger partial charge is 0.255 e. The maximum Gasteiger partial charge on any atom is 0.255 e. The van der Waals surface area contributed by atoms with Crippen LogP contribution in [0, 0.1) is 0 Å². The summed E-state index contributed by atoms with van der Waals surface area (Å²) in [6.07, 6.45) is 0. The zero-order valence-corrected chi connectivity index (χ0v) is 17.0. The van der Waals surface area contributed by atoms with Gasteiger partial charge in [-0.15, -0.1) is 0 Å². The lowest BCUT2D eigenvalue weighted by Gasteiger charge is -2.36. The average Bonchev–Trinajstić information content (AvgIpc) is 2.74. The monoisotopic (exact) mass is 403 g/mol. The predicted octanol–water partition coefficient (Wildman–Crippen LogP) is 2.91. The van der Waals surface area contributed by atoms with E-state index in [1.807, 2.05) is 18.2 Å². The molecule has 0 unspecified atom stereocenters. The van der Waals surface area contributed by atoms with Crippen molar-refractivity contribution in [3.8, 4) is 11.5 Å². The molecule has 0 aliphatic carbocycles.